The van der Waals surface area contributed by atoms with Crippen LogP contribution in [0.3, 0.4) is 0 Å². The standard InChI is InChI=1S/C9H6N2O/c10-5-7-6-3-1-2-4-8(6)11-9(7)12/h1-4,7H,(H,11,12). The second-order valence-corrected chi connectivity index (χ2v) is 2.64. The molecule has 3 nitrogen and oxygen atoms in total. The van der Waals surface area contributed by atoms with E-state index >= 15 is 0 Å². The van der Waals surface area contributed by atoms with E-state index in [4.69, 9.17) is 5.26 Å². The summed E-state index contributed by atoms with van der Waals surface area (Å²) >= 11 is 0. The van der Waals surface area contributed by atoms with Crippen molar-refractivity contribution in [3.63, 3.8) is 0 Å². The largest absolute Gasteiger partial charge is 0.324 e. The molecule has 0 aromatic heterocycles. The Morgan fingerprint density at radius 1 is 1.42 bits per heavy atom. The quantitative estimate of drug-likeness (QED) is 0.617. The lowest BCUT2D eigenvalue weighted by Crippen LogP contribution is -2.09. The molecule has 1 aliphatic rings. The van der Waals surface area contributed by atoms with Gasteiger partial charge in [0.15, 0.2) is 5.92 Å². The molecule has 1 N–H and O–H groups in total. The smallest absolute Gasteiger partial charge is 0.246 e. The summed E-state index contributed by atoms with van der Waals surface area (Å²) < 4.78 is 0. The molecule has 0 aliphatic carbocycles. The maximum absolute atomic E-state index is 11.1. The van der Waals surface area contributed by atoms with Gasteiger partial charge in [-0.25, -0.2) is 0 Å². The molecule has 0 spiro atoms. The van der Waals surface area contributed by atoms with Gasteiger partial charge < -0.3 is 5.32 Å². The highest BCUT2D eigenvalue weighted by atomic mass is 16.2. The minimum Gasteiger partial charge on any atom is -0.324 e. The van der Waals surface area contributed by atoms with Gasteiger partial charge in [-0.15, -0.1) is 0 Å². The lowest BCUT2D eigenvalue weighted by molar-refractivity contribution is -0.115. The Bertz CT molecular complexity index is 378. The van der Waals surface area contributed by atoms with Gasteiger partial charge in [0, 0.05) is 11.3 Å². The van der Waals surface area contributed by atoms with E-state index in [-0.39, 0.29) is 5.91 Å². The second kappa shape index (κ2) is 2.35. The number of hydrogen-bond donors (Lipinski definition) is 1. The van der Waals surface area contributed by atoms with E-state index < -0.39 is 5.92 Å². The molecule has 1 heterocycles. The topological polar surface area (TPSA) is 52.9 Å². The van der Waals surface area contributed by atoms with Crippen molar-refractivity contribution in [3.8, 4) is 6.07 Å². The Morgan fingerprint density at radius 2 is 2.17 bits per heavy atom. The molecular weight excluding hydrogens is 152 g/mol. The number of nitrogens with zero attached hydrogens (tertiary/aromatic N) is 1. The van der Waals surface area contributed by atoms with Crippen LogP contribution in [0.2, 0.25) is 0 Å². The molecule has 0 saturated carbocycles. The zero-order valence-electron chi connectivity index (χ0n) is 6.24. The molecule has 1 atom stereocenters. The van der Waals surface area contributed by atoms with Crippen LogP contribution in [0, 0.1) is 11.3 Å². The van der Waals surface area contributed by atoms with E-state index in [0.717, 1.165) is 11.3 Å². The van der Waals surface area contributed by atoms with Crippen molar-refractivity contribution in [3.05, 3.63) is 29.8 Å². The molecule has 3 heteroatoms. The third-order valence-corrected chi connectivity index (χ3v) is 1.92. The fraction of sp³-hybridized carbons (Fsp3) is 0.111. The van der Waals surface area contributed by atoms with Gasteiger partial charge in [0.05, 0.1) is 6.07 Å². The highest BCUT2D eigenvalue weighted by Gasteiger charge is 2.29. The number of nitrogens with one attached hydrogen (secondary N) is 1. The molecule has 58 valence electrons. The summed E-state index contributed by atoms with van der Waals surface area (Å²) in [6.45, 7) is 0. The van der Waals surface area contributed by atoms with Gasteiger partial charge in [-0.05, 0) is 6.07 Å². The number of carbonyl (C=O) groups is 1. The molecule has 1 aliphatic heterocycles. The summed E-state index contributed by atoms with van der Waals surface area (Å²) in [5.74, 6) is -0.847. The fourth-order valence-electron chi connectivity index (χ4n) is 1.34. The van der Waals surface area contributed by atoms with Crippen LogP contribution in [0.5, 0.6) is 0 Å². The van der Waals surface area contributed by atoms with Crippen LogP contribution >= 0.6 is 0 Å². The molecule has 0 saturated heterocycles. The highest BCUT2D eigenvalue weighted by molar-refractivity contribution is 6.04. The summed E-state index contributed by atoms with van der Waals surface area (Å²) in [7, 11) is 0. The third-order valence-electron chi connectivity index (χ3n) is 1.92. The van der Waals surface area contributed by atoms with E-state index in [2.05, 4.69) is 5.32 Å². The minimum atomic E-state index is -0.624. The first-order valence-corrected chi connectivity index (χ1v) is 3.62. The maximum atomic E-state index is 11.1. The number of nitriles is 1. The molecule has 12 heavy (non-hydrogen) atoms. The van der Waals surface area contributed by atoms with E-state index in [9.17, 15) is 4.79 Å². The number of benzene rings is 1. The fourth-order valence-corrected chi connectivity index (χ4v) is 1.34. The van der Waals surface area contributed by atoms with E-state index in [1.54, 1.807) is 12.1 Å². The predicted molar refractivity (Wildman–Crippen MR) is 43.4 cm³/mol. The molecule has 1 amide bonds. The molecule has 1 aromatic carbocycles. The number of carbonyl (C=O) groups excluding carboxylic acids is 1. The number of fused-ring (bicyclic) bond motifs is 1. The summed E-state index contributed by atoms with van der Waals surface area (Å²) in [6, 6.07) is 9.20. The van der Waals surface area contributed by atoms with Gasteiger partial charge >= 0.3 is 0 Å². The minimum absolute atomic E-state index is 0.223. The van der Waals surface area contributed by atoms with Crippen LogP contribution in [0.1, 0.15) is 11.5 Å². The van der Waals surface area contributed by atoms with Crippen molar-refractivity contribution < 1.29 is 4.79 Å². The SMILES string of the molecule is N#CC1C(=O)Nc2ccccc21. The van der Waals surface area contributed by atoms with Crippen molar-refractivity contribution in [2.24, 2.45) is 0 Å². The van der Waals surface area contributed by atoms with Crippen molar-refractivity contribution >= 4 is 11.6 Å². The summed E-state index contributed by atoms with van der Waals surface area (Å²) in [5, 5.41) is 11.3. The Labute approximate surface area is 69.6 Å². The average Bonchev–Trinajstić information content (AvgIpc) is 2.40. The van der Waals surface area contributed by atoms with Crippen LogP contribution in [0.25, 0.3) is 0 Å². The number of anilines is 1. The van der Waals surface area contributed by atoms with E-state index in [1.807, 2.05) is 18.2 Å². The lowest BCUT2D eigenvalue weighted by atomic mass is 10.0. The summed E-state index contributed by atoms with van der Waals surface area (Å²) in [4.78, 5) is 11.1. The van der Waals surface area contributed by atoms with Gasteiger partial charge in [0.25, 0.3) is 0 Å². The maximum Gasteiger partial charge on any atom is 0.246 e. The lowest BCUT2D eigenvalue weighted by Gasteiger charge is -1.95. The van der Waals surface area contributed by atoms with Crippen LogP contribution in [-0.4, -0.2) is 5.91 Å². The molecular formula is C9H6N2O. The zero-order chi connectivity index (χ0) is 8.55. The molecule has 1 aromatic rings. The number of hydrogen-bond acceptors (Lipinski definition) is 2. The zero-order valence-corrected chi connectivity index (χ0v) is 6.24. The Kier molecular flexibility index (Phi) is 1.34. The van der Waals surface area contributed by atoms with Crippen molar-refractivity contribution in [2.45, 2.75) is 5.92 Å². The number of para-hydroxylation sites is 1. The normalized spacial score (nSPS) is 19.6. The van der Waals surface area contributed by atoms with Crippen LogP contribution in [0.4, 0.5) is 5.69 Å². The molecule has 1 unspecified atom stereocenters. The number of amides is 1. The van der Waals surface area contributed by atoms with Crippen molar-refractivity contribution in [2.75, 3.05) is 5.32 Å². The molecule has 0 radical (unpaired) electrons. The van der Waals surface area contributed by atoms with Gasteiger partial charge in [-0.3, -0.25) is 4.79 Å². The first-order chi connectivity index (χ1) is 5.83. The number of rotatable bonds is 0. The van der Waals surface area contributed by atoms with Crippen LogP contribution in [0.15, 0.2) is 24.3 Å². The first kappa shape index (κ1) is 6.86. The summed E-state index contributed by atoms with van der Waals surface area (Å²) in [5.41, 5.74) is 1.54. The van der Waals surface area contributed by atoms with E-state index in [1.165, 1.54) is 0 Å². The average molecular weight is 158 g/mol. The monoisotopic (exact) mass is 158 g/mol. The summed E-state index contributed by atoms with van der Waals surface area (Å²) in [6.07, 6.45) is 0. The van der Waals surface area contributed by atoms with Gasteiger partial charge in [0.1, 0.15) is 0 Å². The highest BCUT2D eigenvalue weighted by Crippen LogP contribution is 2.30. The second-order valence-electron chi connectivity index (χ2n) is 2.64. The first-order valence-electron chi connectivity index (χ1n) is 3.62. The Morgan fingerprint density at radius 3 is 2.92 bits per heavy atom. The van der Waals surface area contributed by atoms with Gasteiger partial charge in [0.2, 0.25) is 5.91 Å². The van der Waals surface area contributed by atoms with Crippen molar-refractivity contribution in [1.29, 1.82) is 5.26 Å². The molecule has 0 bridgehead atoms. The Balaban J connectivity index is 2.56. The van der Waals surface area contributed by atoms with Crippen LogP contribution in [-0.2, 0) is 4.79 Å². The predicted octanol–water partition coefficient (Wildman–Crippen LogP) is 1.25. The molecule has 2 rings (SSSR count). The third kappa shape index (κ3) is 0.785. The van der Waals surface area contributed by atoms with E-state index in [0.29, 0.717) is 0 Å². The molecule has 0 fully saturated rings. The van der Waals surface area contributed by atoms with Crippen molar-refractivity contribution in [1.82, 2.24) is 0 Å². The van der Waals surface area contributed by atoms with Gasteiger partial charge in [-0.1, -0.05) is 18.2 Å². The Hall–Kier alpha value is -1.82. The van der Waals surface area contributed by atoms with Gasteiger partial charge in [-0.2, -0.15) is 5.26 Å². The van der Waals surface area contributed by atoms with Crippen LogP contribution < -0.4 is 5.32 Å².